The molecule has 2 rings (SSSR count). The monoisotopic (exact) mass is 372 g/mol. The van der Waals surface area contributed by atoms with Gasteiger partial charge in [-0.2, -0.15) is 0 Å². The van der Waals surface area contributed by atoms with E-state index >= 15 is 0 Å². The first kappa shape index (κ1) is 20.7. The van der Waals surface area contributed by atoms with Crippen LogP contribution in [-0.4, -0.2) is 17.4 Å². The van der Waals surface area contributed by atoms with E-state index in [1.165, 1.54) is 0 Å². The van der Waals surface area contributed by atoms with Crippen LogP contribution in [0.2, 0.25) is 0 Å². The molecule has 0 aliphatic rings. The number of benzene rings is 2. The van der Waals surface area contributed by atoms with Gasteiger partial charge >= 0.3 is 0 Å². The number of amides is 2. The van der Waals surface area contributed by atoms with E-state index in [-0.39, 0.29) is 24.7 Å². The molecule has 0 atom stereocenters. The normalized spacial score (nSPS) is 10.4. The van der Waals surface area contributed by atoms with E-state index in [9.17, 15) is 9.59 Å². The minimum Gasteiger partial charge on any atom is -0.350 e. The van der Waals surface area contributed by atoms with Crippen molar-refractivity contribution in [1.82, 2.24) is 10.6 Å². The number of terminal acetylenes is 1. The lowest BCUT2D eigenvalue weighted by molar-refractivity contribution is -0.127. The maximum absolute atomic E-state index is 13.0. The fourth-order valence-corrected chi connectivity index (χ4v) is 2.88. The van der Waals surface area contributed by atoms with E-state index < -0.39 is 5.54 Å². The van der Waals surface area contributed by atoms with Gasteiger partial charge in [0.1, 0.15) is 5.54 Å². The van der Waals surface area contributed by atoms with E-state index in [4.69, 9.17) is 6.42 Å². The molecule has 0 bridgehead atoms. The average Bonchev–Trinajstić information content (AvgIpc) is 2.73. The molecule has 2 N–H and O–H groups in total. The number of nitrogens with one attached hydrogen (secondary N) is 2. The quantitative estimate of drug-likeness (QED) is 0.522. The molecular formula is C24H24N2O2. The molecule has 2 aromatic carbocycles. The van der Waals surface area contributed by atoms with Crippen LogP contribution in [0.25, 0.3) is 0 Å². The highest BCUT2D eigenvalue weighted by Crippen LogP contribution is 2.19. The summed E-state index contributed by atoms with van der Waals surface area (Å²) in [5.74, 6) is 1.86. The highest BCUT2D eigenvalue weighted by molar-refractivity contribution is 5.99. The zero-order valence-electron chi connectivity index (χ0n) is 15.8. The topological polar surface area (TPSA) is 58.2 Å². The molecule has 0 saturated heterocycles. The average molecular weight is 372 g/mol. The lowest BCUT2D eigenvalue weighted by Crippen LogP contribution is -2.58. The van der Waals surface area contributed by atoms with E-state index in [1.54, 1.807) is 36.4 Å². The SMILES string of the molecule is C#Cc1ccc(C(=O)NC(CC=C)(CC=C)C(=O)NCc2ccccc2)cc1. The predicted molar refractivity (Wildman–Crippen MR) is 112 cm³/mol. The van der Waals surface area contributed by atoms with Crippen molar-refractivity contribution in [2.75, 3.05) is 0 Å². The lowest BCUT2D eigenvalue weighted by atomic mass is 9.89. The van der Waals surface area contributed by atoms with Gasteiger partial charge in [0.2, 0.25) is 5.91 Å². The Labute approximate surface area is 166 Å². The van der Waals surface area contributed by atoms with Gasteiger partial charge in [-0.05, 0) is 42.7 Å². The molecule has 4 nitrogen and oxygen atoms in total. The van der Waals surface area contributed by atoms with Crippen LogP contribution in [0.3, 0.4) is 0 Å². The Morgan fingerprint density at radius 3 is 2.14 bits per heavy atom. The van der Waals surface area contributed by atoms with Gasteiger partial charge in [0.05, 0.1) is 0 Å². The first-order valence-electron chi connectivity index (χ1n) is 8.98. The Bertz CT molecular complexity index is 867. The second-order valence-corrected chi connectivity index (χ2v) is 6.41. The second kappa shape index (κ2) is 9.94. The molecule has 2 amide bonds. The molecule has 0 spiro atoms. The van der Waals surface area contributed by atoms with E-state index in [2.05, 4.69) is 29.7 Å². The lowest BCUT2D eigenvalue weighted by Gasteiger charge is -2.32. The molecule has 142 valence electrons. The van der Waals surface area contributed by atoms with Gasteiger partial charge in [-0.3, -0.25) is 9.59 Å². The summed E-state index contributed by atoms with van der Waals surface area (Å²) < 4.78 is 0. The van der Waals surface area contributed by atoms with Crippen molar-refractivity contribution in [2.24, 2.45) is 0 Å². The summed E-state index contributed by atoms with van der Waals surface area (Å²) in [6.45, 7) is 7.85. The molecule has 28 heavy (non-hydrogen) atoms. The Hall–Kier alpha value is -3.58. The Balaban J connectivity index is 2.21. The molecule has 2 aromatic rings. The van der Waals surface area contributed by atoms with Gasteiger partial charge in [-0.1, -0.05) is 48.4 Å². The molecule has 0 aliphatic heterocycles. The molecule has 0 aromatic heterocycles. The van der Waals surface area contributed by atoms with Gasteiger partial charge in [-0.15, -0.1) is 19.6 Å². The third kappa shape index (κ3) is 5.21. The van der Waals surface area contributed by atoms with E-state index in [1.807, 2.05) is 30.3 Å². The molecule has 0 fully saturated rings. The van der Waals surface area contributed by atoms with Gasteiger partial charge < -0.3 is 10.6 Å². The summed E-state index contributed by atoms with van der Waals surface area (Å²) in [4.78, 5) is 25.8. The maximum atomic E-state index is 13.0. The zero-order chi connectivity index (χ0) is 20.4. The van der Waals surface area contributed by atoms with Gasteiger partial charge in [-0.25, -0.2) is 0 Å². The van der Waals surface area contributed by atoms with Crippen molar-refractivity contribution >= 4 is 11.8 Å². The molecule has 0 unspecified atom stereocenters. The standard InChI is InChI=1S/C24H24N2O2/c1-4-16-24(17-5-2,23(28)25-18-20-10-8-7-9-11-20)26-22(27)21-14-12-19(6-3)13-15-21/h3-5,7-15H,1-2,16-18H2,(H,25,28)(H,26,27). The zero-order valence-corrected chi connectivity index (χ0v) is 15.8. The van der Waals surface area contributed by atoms with Crippen molar-refractivity contribution in [1.29, 1.82) is 0 Å². The van der Waals surface area contributed by atoms with Crippen LogP contribution >= 0.6 is 0 Å². The summed E-state index contributed by atoms with van der Waals surface area (Å²) in [6, 6.07) is 16.2. The summed E-state index contributed by atoms with van der Waals surface area (Å²) in [7, 11) is 0. The van der Waals surface area contributed by atoms with Gasteiger partial charge in [0, 0.05) is 17.7 Å². The predicted octanol–water partition coefficient (Wildman–Crippen LogP) is 3.61. The van der Waals surface area contributed by atoms with Crippen LogP contribution in [0, 0.1) is 12.3 Å². The molecule has 4 heteroatoms. The number of hydrogen-bond donors (Lipinski definition) is 2. The Morgan fingerprint density at radius 2 is 1.61 bits per heavy atom. The van der Waals surface area contributed by atoms with Crippen LogP contribution in [0.5, 0.6) is 0 Å². The van der Waals surface area contributed by atoms with Crippen LogP contribution in [-0.2, 0) is 11.3 Å². The van der Waals surface area contributed by atoms with Crippen LogP contribution in [0.4, 0.5) is 0 Å². The van der Waals surface area contributed by atoms with Crippen LogP contribution in [0.1, 0.15) is 34.3 Å². The number of carbonyl (C=O) groups is 2. The highest BCUT2D eigenvalue weighted by Gasteiger charge is 2.37. The van der Waals surface area contributed by atoms with Crippen molar-refractivity contribution in [3.05, 3.63) is 96.6 Å². The van der Waals surface area contributed by atoms with Crippen molar-refractivity contribution < 1.29 is 9.59 Å². The maximum Gasteiger partial charge on any atom is 0.252 e. The van der Waals surface area contributed by atoms with Gasteiger partial charge in [0.25, 0.3) is 5.91 Å². The smallest absolute Gasteiger partial charge is 0.252 e. The fourth-order valence-electron chi connectivity index (χ4n) is 2.88. The summed E-state index contributed by atoms with van der Waals surface area (Å²) in [5.41, 5.74) is 0.909. The first-order chi connectivity index (χ1) is 13.5. The molecular weight excluding hydrogens is 348 g/mol. The van der Waals surface area contributed by atoms with Crippen LogP contribution < -0.4 is 10.6 Å². The summed E-state index contributed by atoms with van der Waals surface area (Å²) >= 11 is 0. The number of carbonyl (C=O) groups excluding carboxylic acids is 2. The first-order valence-corrected chi connectivity index (χ1v) is 8.98. The third-order valence-corrected chi connectivity index (χ3v) is 4.38. The second-order valence-electron chi connectivity index (χ2n) is 6.41. The molecule has 0 aliphatic carbocycles. The minimum absolute atomic E-state index is 0.272. The van der Waals surface area contributed by atoms with Crippen molar-refractivity contribution in [3.63, 3.8) is 0 Å². The highest BCUT2D eigenvalue weighted by atomic mass is 16.2. The molecule has 0 saturated carbocycles. The third-order valence-electron chi connectivity index (χ3n) is 4.38. The Kier molecular flexibility index (Phi) is 7.36. The summed E-state index contributed by atoms with van der Waals surface area (Å²) in [5, 5.41) is 5.79. The molecule has 0 radical (unpaired) electrons. The van der Waals surface area contributed by atoms with E-state index in [0.29, 0.717) is 17.7 Å². The number of hydrogen-bond acceptors (Lipinski definition) is 2. The largest absolute Gasteiger partial charge is 0.350 e. The number of rotatable bonds is 9. The fraction of sp³-hybridized carbons (Fsp3) is 0.167. The van der Waals surface area contributed by atoms with Crippen molar-refractivity contribution in [2.45, 2.75) is 24.9 Å². The summed E-state index contributed by atoms with van der Waals surface area (Å²) in [6.07, 6.45) is 9.13. The van der Waals surface area contributed by atoms with Crippen LogP contribution in [0.15, 0.2) is 79.9 Å². The minimum atomic E-state index is -1.17. The van der Waals surface area contributed by atoms with Gasteiger partial charge in [0.15, 0.2) is 0 Å². The Morgan fingerprint density at radius 1 is 1.00 bits per heavy atom. The van der Waals surface area contributed by atoms with Crippen molar-refractivity contribution in [3.8, 4) is 12.3 Å². The molecule has 0 heterocycles. The van der Waals surface area contributed by atoms with E-state index in [0.717, 1.165) is 5.56 Å².